The summed E-state index contributed by atoms with van der Waals surface area (Å²) in [7, 11) is -1.90. The average molecular weight is 769 g/mol. The lowest BCUT2D eigenvalue weighted by molar-refractivity contribution is -0.127. The third kappa shape index (κ3) is 7.22. The molecule has 0 radical (unpaired) electrons. The summed E-state index contributed by atoms with van der Waals surface area (Å²) in [5, 5.41) is 0. The Labute approximate surface area is 318 Å². The third-order valence-electron chi connectivity index (χ3n) is 12.4. The molecule has 1 spiro atoms. The molecule has 6 heterocycles. The van der Waals surface area contributed by atoms with Gasteiger partial charge in [0.05, 0.1) is 17.4 Å². The van der Waals surface area contributed by atoms with Gasteiger partial charge in [-0.2, -0.15) is 17.0 Å². The number of carbonyl (C=O) groups is 2. The number of piperidine rings is 2. The van der Waals surface area contributed by atoms with Crippen molar-refractivity contribution < 1.29 is 31.9 Å². The fourth-order valence-corrected chi connectivity index (χ4v) is 11.0. The van der Waals surface area contributed by atoms with Crippen molar-refractivity contribution in [2.24, 2.45) is 5.41 Å². The first kappa shape index (κ1) is 38.6. The van der Waals surface area contributed by atoms with Crippen LogP contribution >= 0.6 is 0 Å². The highest BCUT2D eigenvalue weighted by Gasteiger charge is 2.52. The fourth-order valence-electron chi connectivity index (χ4n) is 9.22. The Morgan fingerprint density at radius 1 is 1.07 bits per heavy atom. The van der Waals surface area contributed by atoms with Crippen molar-refractivity contribution in [1.82, 2.24) is 33.3 Å². The van der Waals surface area contributed by atoms with Gasteiger partial charge in [-0.25, -0.2) is 14.4 Å². The predicted octanol–water partition coefficient (Wildman–Crippen LogP) is 3.38. The Morgan fingerprint density at radius 2 is 1.80 bits per heavy atom. The Kier molecular flexibility index (Phi) is 10.8. The summed E-state index contributed by atoms with van der Waals surface area (Å²) in [4.78, 5) is 42.4. The number of anilines is 1. The van der Waals surface area contributed by atoms with Gasteiger partial charge in [-0.15, -0.1) is 0 Å². The van der Waals surface area contributed by atoms with E-state index in [9.17, 15) is 22.4 Å². The van der Waals surface area contributed by atoms with Crippen LogP contribution in [-0.4, -0.2) is 150 Å². The zero-order chi connectivity index (χ0) is 38.4. The zero-order valence-corrected chi connectivity index (χ0v) is 32.6. The van der Waals surface area contributed by atoms with Crippen LogP contribution in [0.25, 0.3) is 0 Å². The molecular weight excluding hydrogens is 716 g/mol. The minimum absolute atomic E-state index is 0.0598. The van der Waals surface area contributed by atoms with Crippen LogP contribution in [0.5, 0.6) is 11.5 Å². The molecular formula is C38H53FN8O6S. The summed E-state index contributed by atoms with van der Waals surface area (Å²) in [6.07, 6.45) is 8.30. The number of methoxy groups -OCH3 is 1. The predicted molar refractivity (Wildman–Crippen MR) is 201 cm³/mol. The molecule has 2 aromatic rings. The minimum atomic E-state index is -3.64. The quantitative estimate of drug-likeness (QED) is 0.297. The van der Waals surface area contributed by atoms with Crippen molar-refractivity contribution in [3.8, 4) is 11.5 Å². The highest BCUT2D eigenvalue weighted by atomic mass is 32.2. The molecule has 0 unspecified atom stereocenters. The van der Waals surface area contributed by atoms with E-state index in [1.54, 1.807) is 31.7 Å². The summed E-state index contributed by atoms with van der Waals surface area (Å²) >= 11 is 0. The molecule has 2 amide bonds. The lowest BCUT2D eigenvalue weighted by atomic mass is 9.71. The molecule has 294 valence electrons. The molecule has 5 saturated heterocycles. The SMILES string of the molecule is C=CC(=O)N1C[C@@H]2C[C@H]1CN2S(=O)(=O)N1CCC(CN2CCC3(CC2)CN(c2ncncc2Oc2ccc(F)cc2C(=O)N(CC)C(C)C)C3)(OC)CC1. The second-order valence-corrected chi connectivity index (χ2v) is 17.8. The molecule has 5 aliphatic heterocycles. The molecule has 0 saturated carbocycles. The lowest BCUT2D eigenvalue weighted by Gasteiger charge is -2.55. The van der Waals surface area contributed by atoms with Gasteiger partial charge in [-0.3, -0.25) is 9.59 Å². The van der Waals surface area contributed by atoms with E-state index in [0.717, 1.165) is 45.6 Å². The maximum atomic E-state index is 14.4. The van der Waals surface area contributed by atoms with Crippen LogP contribution in [0.3, 0.4) is 0 Å². The van der Waals surface area contributed by atoms with Crippen LogP contribution in [0.2, 0.25) is 0 Å². The van der Waals surface area contributed by atoms with Crippen LogP contribution in [0.4, 0.5) is 10.2 Å². The number of ether oxygens (including phenoxy) is 2. The van der Waals surface area contributed by atoms with Gasteiger partial charge in [0.2, 0.25) is 5.91 Å². The molecule has 0 N–H and O–H groups in total. The molecule has 2 bridgehead atoms. The summed E-state index contributed by atoms with van der Waals surface area (Å²) in [6, 6.07) is 3.65. The van der Waals surface area contributed by atoms with E-state index in [2.05, 4.69) is 26.3 Å². The Morgan fingerprint density at radius 3 is 2.41 bits per heavy atom. The van der Waals surface area contributed by atoms with E-state index in [1.807, 2.05) is 20.8 Å². The number of nitrogens with zero attached hydrogens (tertiary/aromatic N) is 8. The topological polar surface area (TPSA) is 132 Å². The van der Waals surface area contributed by atoms with E-state index in [4.69, 9.17) is 9.47 Å². The van der Waals surface area contributed by atoms with Crippen LogP contribution in [-0.2, 0) is 19.7 Å². The van der Waals surface area contributed by atoms with Gasteiger partial charge in [0.1, 0.15) is 17.9 Å². The zero-order valence-electron chi connectivity index (χ0n) is 31.8. The molecule has 5 fully saturated rings. The number of hydrogen-bond donors (Lipinski definition) is 0. The van der Waals surface area contributed by atoms with Crippen molar-refractivity contribution in [3.63, 3.8) is 0 Å². The second-order valence-electron chi connectivity index (χ2n) is 15.9. The number of hydrogen-bond acceptors (Lipinski definition) is 10. The number of piperazine rings is 1. The number of rotatable bonds is 12. The fraction of sp³-hybridized carbons (Fsp3) is 0.632. The maximum absolute atomic E-state index is 14.4. The van der Waals surface area contributed by atoms with Crippen molar-refractivity contribution in [3.05, 3.63) is 54.8 Å². The standard InChI is InChI=1S/C38H53FN8O6S/c1-6-34(48)46-21-30-19-29(46)22-47(30)54(50,51)44-16-12-38(52-5,13-17-44)25-42-14-10-37(11-15-42)23-43(24-37)35-33(20-40-26-41-35)53-32-9-8-28(39)18-31(32)36(49)45(7-2)27(3)4/h6,8-9,18,20,26-27,29-30H,1,7,10-17,19,21-25H2,2-5H3/t29-,30-/m0/s1. The molecule has 7 rings (SSSR count). The van der Waals surface area contributed by atoms with E-state index < -0.39 is 21.6 Å². The van der Waals surface area contributed by atoms with E-state index in [1.165, 1.54) is 30.6 Å². The Hall–Kier alpha value is -3.70. The first-order chi connectivity index (χ1) is 25.8. The van der Waals surface area contributed by atoms with Gasteiger partial charge in [0.25, 0.3) is 16.1 Å². The van der Waals surface area contributed by atoms with E-state index >= 15 is 0 Å². The van der Waals surface area contributed by atoms with Gasteiger partial charge < -0.3 is 29.1 Å². The van der Waals surface area contributed by atoms with Crippen LogP contribution in [0.1, 0.15) is 63.2 Å². The molecule has 16 heteroatoms. The second kappa shape index (κ2) is 15.1. The first-order valence-corrected chi connectivity index (χ1v) is 20.5. The number of aromatic nitrogens is 2. The molecule has 1 aromatic heterocycles. The third-order valence-corrected chi connectivity index (χ3v) is 14.5. The number of carbonyl (C=O) groups excluding carboxylic acids is 2. The molecule has 5 aliphatic rings. The molecule has 1 aromatic carbocycles. The minimum Gasteiger partial charge on any atom is -0.451 e. The van der Waals surface area contributed by atoms with Crippen LogP contribution in [0.15, 0.2) is 43.4 Å². The average Bonchev–Trinajstić information content (AvgIpc) is 3.78. The van der Waals surface area contributed by atoms with E-state index in [-0.39, 0.29) is 46.7 Å². The highest BCUT2D eigenvalue weighted by molar-refractivity contribution is 7.86. The van der Waals surface area contributed by atoms with E-state index in [0.29, 0.717) is 63.6 Å². The van der Waals surface area contributed by atoms with Gasteiger partial charge in [-0.05, 0) is 90.2 Å². The summed E-state index contributed by atoms with van der Waals surface area (Å²) in [5.74, 6) is 0.360. The van der Waals surface area contributed by atoms with Crippen molar-refractivity contribution >= 4 is 27.8 Å². The Balaban J connectivity index is 0.926. The van der Waals surface area contributed by atoms with Gasteiger partial charge in [0.15, 0.2) is 11.6 Å². The number of fused-ring (bicyclic) bond motifs is 2. The molecule has 54 heavy (non-hydrogen) atoms. The maximum Gasteiger partial charge on any atom is 0.282 e. The van der Waals surface area contributed by atoms with Gasteiger partial charge in [-0.1, -0.05) is 6.58 Å². The molecule has 0 aliphatic carbocycles. The van der Waals surface area contributed by atoms with Gasteiger partial charge >= 0.3 is 0 Å². The summed E-state index contributed by atoms with van der Waals surface area (Å²) < 4.78 is 57.4. The number of halogens is 1. The monoisotopic (exact) mass is 768 g/mol. The van der Waals surface area contributed by atoms with Crippen LogP contribution < -0.4 is 9.64 Å². The van der Waals surface area contributed by atoms with Crippen molar-refractivity contribution in [2.45, 2.75) is 76.6 Å². The molecule has 2 atom stereocenters. The number of likely N-dealkylation sites (tertiary alicyclic amines) is 2. The van der Waals surface area contributed by atoms with Crippen molar-refractivity contribution in [2.75, 3.05) is 77.5 Å². The van der Waals surface area contributed by atoms with Crippen LogP contribution in [0, 0.1) is 11.2 Å². The van der Waals surface area contributed by atoms with Gasteiger partial charge in [0, 0.05) is 83.0 Å². The number of amides is 2. The molecule has 14 nitrogen and oxygen atoms in total. The Bertz CT molecular complexity index is 1840. The highest BCUT2D eigenvalue weighted by Crippen LogP contribution is 2.46. The summed E-state index contributed by atoms with van der Waals surface area (Å²) in [6.45, 7) is 15.5. The lowest BCUT2D eigenvalue weighted by Crippen LogP contribution is -2.62. The van der Waals surface area contributed by atoms with Crippen molar-refractivity contribution in [1.29, 1.82) is 0 Å². The first-order valence-electron chi connectivity index (χ1n) is 19.1. The largest absolute Gasteiger partial charge is 0.451 e. The normalized spacial score (nSPS) is 24.2. The number of benzene rings is 1. The smallest absolute Gasteiger partial charge is 0.282 e. The summed E-state index contributed by atoms with van der Waals surface area (Å²) in [5.41, 5.74) is -0.133.